The van der Waals surface area contributed by atoms with E-state index in [2.05, 4.69) is 15.9 Å². The zero-order valence-corrected chi connectivity index (χ0v) is 10.7. The first-order valence-electron chi connectivity index (χ1n) is 4.22. The van der Waals surface area contributed by atoms with Crippen LogP contribution in [0.4, 0.5) is 0 Å². The molecule has 0 saturated heterocycles. The van der Waals surface area contributed by atoms with Crippen molar-refractivity contribution >= 4 is 44.7 Å². The van der Waals surface area contributed by atoms with Crippen LogP contribution in [-0.4, -0.2) is 5.78 Å². The van der Waals surface area contributed by atoms with Gasteiger partial charge in [0.05, 0.1) is 9.21 Å². The summed E-state index contributed by atoms with van der Waals surface area (Å²) in [6, 6.07) is 10.8. The Kier molecular flexibility index (Phi) is 3.24. The van der Waals surface area contributed by atoms with E-state index >= 15 is 0 Å². The smallest absolute Gasteiger partial charge is 0.203 e. The number of rotatable bonds is 2. The molecule has 1 aromatic carbocycles. The van der Waals surface area contributed by atoms with E-state index in [1.165, 1.54) is 11.3 Å². The van der Waals surface area contributed by atoms with Gasteiger partial charge in [0.15, 0.2) is 0 Å². The van der Waals surface area contributed by atoms with Gasteiger partial charge in [-0.05, 0) is 24.3 Å². The summed E-state index contributed by atoms with van der Waals surface area (Å²) in [5, 5.41) is 0. The Morgan fingerprint density at radius 2 is 2.07 bits per heavy atom. The predicted molar refractivity (Wildman–Crippen MR) is 66.9 cm³/mol. The normalized spacial score (nSPS) is 10.3. The van der Waals surface area contributed by atoms with E-state index < -0.39 is 0 Å². The second kappa shape index (κ2) is 4.47. The highest BCUT2D eigenvalue weighted by Gasteiger charge is 2.11. The van der Waals surface area contributed by atoms with Crippen molar-refractivity contribution in [3.05, 3.63) is 55.6 Å². The summed E-state index contributed by atoms with van der Waals surface area (Å²) in [5.74, 6) is 0.00759. The maximum atomic E-state index is 11.9. The number of carbonyl (C=O) groups is 1. The fourth-order valence-electron chi connectivity index (χ4n) is 1.21. The molecule has 2 rings (SSSR count). The van der Waals surface area contributed by atoms with Crippen LogP contribution in [0.3, 0.4) is 0 Å². The molecule has 0 bridgehead atoms. The molecule has 0 aliphatic heterocycles. The van der Waals surface area contributed by atoms with Crippen LogP contribution in [0.2, 0.25) is 4.34 Å². The topological polar surface area (TPSA) is 17.1 Å². The standard InChI is InChI=1S/C11H6BrClOS/c12-8-3-1-2-7(6-8)11(14)9-4-5-10(13)15-9/h1-6H. The average molecular weight is 302 g/mol. The summed E-state index contributed by atoms with van der Waals surface area (Å²) in [7, 11) is 0. The fraction of sp³-hybridized carbons (Fsp3) is 0. The van der Waals surface area contributed by atoms with Crippen molar-refractivity contribution in [2.45, 2.75) is 0 Å². The molecule has 15 heavy (non-hydrogen) atoms. The lowest BCUT2D eigenvalue weighted by atomic mass is 10.1. The number of benzene rings is 1. The van der Waals surface area contributed by atoms with Gasteiger partial charge >= 0.3 is 0 Å². The fourth-order valence-corrected chi connectivity index (χ4v) is 2.61. The van der Waals surface area contributed by atoms with Crippen LogP contribution in [-0.2, 0) is 0 Å². The molecule has 0 N–H and O–H groups in total. The summed E-state index contributed by atoms with van der Waals surface area (Å²) < 4.78 is 1.53. The molecule has 0 spiro atoms. The van der Waals surface area contributed by atoms with Crippen molar-refractivity contribution in [3.63, 3.8) is 0 Å². The van der Waals surface area contributed by atoms with E-state index in [-0.39, 0.29) is 5.78 Å². The lowest BCUT2D eigenvalue weighted by Gasteiger charge is -1.98. The highest BCUT2D eigenvalue weighted by molar-refractivity contribution is 9.10. The summed E-state index contributed by atoms with van der Waals surface area (Å²) in [5.41, 5.74) is 0.669. The third-order valence-corrected chi connectivity index (χ3v) is 3.61. The molecule has 2 aromatic rings. The van der Waals surface area contributed by atoms with E-state index in [0.717, 1.165) is 4.47 Å². The first-order valence-corrected chi connectivity index (χ1v) is 6.21. The Morgan fingerprint density at radius 1 is 1.27 bits per heavy atom. The molecule has 4 heteroatoms. The second-order valence-corrected chi connectivity index (χ2v) is 5.57. The minimum Gasteiger partial charge on any atom is -0.288 e. The van der Waals surface area contributed by atoms with Crippen LogP contribution in [0.1, 0.15) is 15.2 Å². The van der Waals surface area contributed by atoms with Crippen molar-refractivity contribution in [1.29, 1.82) is 0 Å². The number of ketones is 1. The Balaban J connectivity index is 2.36. The van der Waals surface area contributed by atoms with Gasteiger partial charge < -0.3 is 0 Å². The van der Waals surface area contributed by atoms with Gasteiger partial charge in [-0.25, -0.2) is 0 Å². The first-order chi connectivity index (χ1) is 7.16. The molecule has 0 radical (unpaired) electrons. The van der Waals surface area contributed by atoms with Gasteiger partial charge in [0.25, 0.3) is 0 Å². The molecule has 0 fully saturated rings. The summed E-state index contributed by atoms with van der Waals surface area (Å²) >= 11 is 10.4. The quantitative estimate of drug-likeness (QED) is 0.752. The largest absolute Gasteiger partial charge is 0.288 e. The minimum atomic E-state index is 0.00759. The second-order valence-electron chi connectivity index (χ2n) is 2.94. The predicted octanol–water partition coefficient (Wildman–Crippen LogP) is 4.40. The number of hydrogen-bond acceptors (Lipinski definition) is 2. The van der Waals surface area contributed by atoms with Gasteiger partial charge in [-0.3, -0.25) is 4.79 Å². The molecule has 1 heterocycles. The van der Waals surface area contributed by atoms with Crippen LogP contribution in [0.25, 0.3) is 0 Å². The molecular formula is C11H6BrClOS. The lowest BCUT2D eigenvalue weighted by Crippen LogP contribution is -1.97. The Labute approximate surface area is 105 Å². The zero-order valence-electron chi connectivity index (χ0n) is 7.54. The van der Waals surface area contributed by atoms with Crippen molar-refractivity contribution < 1.29 is 4.79 Å². The maximum Gasteiger partial charge on any atom is 0.203 e. The first kappa shape index (κ1) is 10.9. The van der Waals surface area contributed by atoms with Gasteiger partial charge in [0.1, 0.15) is 0 Å². The molecule has 0 unspecified atom stereocenters. The number of halogens is 2. The molecule has 1 nitrogen and oxygen atoms in total. The molecule has 0 amide bonds. The number of hydrogen-bond donors (Lipinski definition) is 0. The van der Waals surface area contributed by atoms with Crippen molar-refractivity contribution in [3.8, 4) is 0 Å². The molecule has 0 aliphatic carbocycles. The van der Waals surface area contributed by atoms with Crippen LogP contribution in [0.15, 0.2) is 40.9 Å². The van der Waals surface area contributed by atoms with Crippen molar-refractivity contribution in [2.75, 3.05) is 0 Å². The Morgan fingerprint density at radius 3 is 2.67 bits per heavy atom. The maximum absolute atomic E-state index is 11.9. The third-order valence-electron chi connectivity index (χ3n) is 1.88. The van der Waals surface area contributed by atoms with Crippen LogP contribution >= 0.6 is 38.9 Å². The summed E-state index contributed by atoms with van der Waals surface area (Å²) in [6.45, 7) is 0. The van der Waals surface area contributed by atoms with Crippen LogP contribution in [0.5, 0.6) is 0 Å². The molecule has 0 atom stereocenters. The Hall–Kier alpha value is -0.640. The molecule has 76 valence electrons. The van der Waals surface area contributed by atoms with E-state index in [9.17, 15) is 4.79 Å². The number of thiophene rings is 1. The summed E-state index contributed by atoms with van der Waals surface area (Å²) in [6.07, 6.45) is 0. The molecule has 0 saturated carbocycles. The molecular weight excluding hydrogens is 296 g/mol. The van der Waals surface area contributed by atoms with E-state index in [4.69, 9.17) is 11.6 Å². The van der Waals surface area contributed by atoms with Gasteiger partial charge in [-0.2, -0.15) is 0 Å². The van der Waals surface area contributed by atoms with E-state index in [1.807, 2.05) is 12.1 Å². The van der Waals surface area contributed by atoms with E-state index in [0.29, 0.717) is 14.8 Å². The van der Waals surface area contributed by atoms with Crippen molar-refractivity contribution in [1.82, 2.24) is 0 Å². The SMILES string of the molecule is O=C(c1cccc(Br)c1)c1ccc(Cl)s1. The highest BCUT2D eigenvalue weighted by atomic mass is 79.9. The van der Waals surface area contributed by atoms with Gasteiger partial charge in [-0.1, -0.05) is 39.7 Å². The van der Waals surface area contributed by atoms with Gasteiger partial charge in [-0.15, -0.1) is 11.3 Å². The van der Waals surface area contributed by atoms with Crippen molar-refractivity contribution in [2.24, 2.45) is 0 Å². The Bertz CT molecular complexity index is 507. The third kappa shape index (κ3) is 2.48. The van der Waals surface area contributed by atoms with Gasteiger partial charge in [0, 0.05) is 10.0 Å². The zero-order chi connectivity index (χ0) is 10.8. The average Bonchev–Trinajstić information content (AvgIpc) is 2.64. The highest BCUT2D eigenvalue weighted by Crippen LogP contribution is 2.24. The van der Waals surface area contributed by atoms with Crippen LogP contribution in [0, 0.1) is 0 Å². The molecule has 1 aromatic heterocycles. The van der Waals surface area contributed by atoms with Gasteiger partial charge in [0.2, 0.25) is 5.78 Å². The summed E-state index contributed by atoms with van der Waals surface area (Å²) in [4.78, 5) is 12.6. The van der Waals surface area contributed by atoms with E-state index in [1.54, 1.807) is 24.3 Å². The lowest BCUT2D eigenvalue weighted by molar-refractivity contribution is 0.104. The van der Waals surface area contributed by atoms with Crippen LogP contribution < -0.4 is 0 Å². The minimum absolute atomic E-state index is 0.00759. The monoisotopic (exact) mass is 300 g/mol. The molecule has 0 aliphatic rings. The number of carbonyl (C=O) groups excluding carboxylic acids is 1.